The fourth-order valence-electron chi connectivity index (χ4n) is 0.923. The average Bonchev–Trinajstić information content (AvgIpc) is 2.57. The van der Waals surface area contributed by atoms with E-state index in [1.54, 1.807) is 7.05 Å². The van der Waals surface area contributed by atoms with E-state index in [2.05, 4.69) is 15.6 Å². The highest BCUT2D eigenvalue weighted by Gasteiger charge is 1.95. The lowest BCUT2D eigenvalue weighted by Crippen LogP contribution is -2.33. The molecule has 12 heavy (non-hydrogen) atoms. The standard InChI is InChI=1S/C8H13N3O/c1-9-8(12)11-5-3-7-2-4-10-6-7/h2,4,6,10H,3,5H2,1H3,(H2,9,11,12). The molecule has 0 bridgehead atoms. The van der Waals surface area contributed by atoms with E-state index in [-0.39, 0.29) is 6.03 Å². The van der Waals surface area contributed by atoms with E-state index in [9.17, 15) is 4.79 Å². The second kappa shape index (κ2) is 4.43. The van der Waals surface area contributed by atoms with Crippen molar-refractivity contribution in [2.75, 3.05) is 13.6 Å². The minimum absolute atomic E-state index is 0.134. The highest BCUT2D eigenvalue weighted by Crippen LogP contribution is 1.95. The van der Waals surface area contributed by atoms with Crippen LogP contribution < -0.4 is 10.6 Å². The summed E-state index contributed by atoms with van der Waals surface area (Å²) < 4.78 is 0. The summed E-state index contributed by atoms with van der Waals surface area (Å²) in [5, 5.41) is 5.19. The van der Waals surface area contributed by atoms with E-state index in [0.29, 0.717) is 6.54 Å². The molecule has 1 rings (SSSR count). The van der Waals surface area contributed by atoms with Gasteiger partial charge < -0.3 is 15.6 Å². The largest absolute Gasteiger partial charge is 0.367 e. The normalized spacial score (nSPS) is 9.42. The number of hydrogen-bond acceptors (Lipinski definition) is 1. The zero-order chi connectivity index (χ0) is 8.81. The van der Waals surface area contributed by atoms with Crippen molar-refractivity contribution in [3.05, 3.63) is 24.0 Å². The van der Waals surface area contributed by atoms with Crippen LogP contribution in [0.2, 0.25) is 0 Å². The summed E-state index contributed by atoms with van der Waals surface area (Å²) in [6, 6.07) is 1.86. The van der Waals surface area contributed by atoms with Crippen molar-refractivity contribution in [2.24, 2.45) is 0 Å². The number of hydrogen-bond donors (Lipinski definition) is 3. The third-order valence-corrected chi connectivity index (χ3v) is 1.59. The summed E-state index contributed by atoms with van der Waals surface area (Å²) >= 11 is 0. The molecule has 0 saturated carbocycles. The smallest absolute Gasteiger partial charge is 0.314 e. The van der Waals surface area contributed by atoms with Crippen molar-refractivity contribution in [2.45, 2.75) is 6.42 Å². The maximum atomic E-state index is 10.7. The maximum Gasteiger partial charge on any atom is 0.314 e. The summed E-state index contributed by atoms with van der Waals surface area (Å²) in [5.74, 6) is 0. The van der Waals surface area contributed by atoms with Crippen molar-refractivity contribution < 1.29 is 4.79 Å². The second-order valence-electron chi connectivity index (χ2n) is 2.48. The Kier molecular flexibility index (Phi) is 3.19. The van der Waals surface area contributed by atoms with E-state index in [4.69, 9.17) is 0 Å². The fourth-order valence-corrected chi connectivity index (χ4v) is 0.923. The summed E-state index contributed by atoms with van der Waals surface area (Å²) in [6.07, 6.45) is 4.65. The monoisotopic (exact) mass is 167 g/mol. The number of carbonyl (C=O) groups is 1. The zero-order valence-corrected chi connectivity index (χ0v) is 7.05. The Bertz CT molecular complexity index is 230. The van der Waals surface area contributed by atoms with Crippen LogP contribution in [0.5, 0.6) is 0 Å². The number of rotatable bonds is 3. The molecule has 1 aromatic rings. The number of nitrogens with one attached hydrogen (secondary N) is 3. The minimum atomic E-state index is -0.134. The molecule has 0 aliphatic rings. The zero-order valence-electron chi connectivity index (χ0n) is 7.05. The van der Waals surface area contributed by atoms with E-state index in [0.717, 1.165) is 6.42 Å². The van der Waals surface area contributed by atoms with Crippen molar-refractivity contribution >= 4 is 6.03 Å². The summed E-state index contributed by atoms with van der Waals surface area (Å²) in [6.45, 7) is 0.664. The van der Waals surface area contributed by atoms with Gasteiger partial charge in [-0.2, -0.15) is 0 Å². The van der Waals surface area contributed by atoms with Crippen LogP contribution in [-0.2, 0) is 6.42 Å². The maximum absolute atomic E-state index is 10.7. The molecule has 3 N–H and O–H groups in total. The average molecular weight is 167 g/mol. The Morgan fingerprint density at radius 2 is 2.50 bits per heavy atom. The van der Waals surface area contributed by atoms with Crippen molar-refractivity contribution in [3.8, 4) is 0 Å². The summed E-state index contributed by atoms with van der Waals surface area (Å²) in [4.78, 5) is 13.7. The van der Waals surface area contributed by atoms with E-state index < -0.39 is 0 Å². The number of amides is 2. The third kappa shape index (κ3) is 2.65. The van der Waals surface area contributed by atoms with Crippen LogP contribution in [0.3, 0.4) is 0 Å². The number of aromatic amines is 1. The Morgan fingerprint density at radius 3 is 3.08 bits per heavy atom. The Labute approximate surface area is 71.4 Å². The Hall–Kier alpha value is -1.45. The Morgan fingerprint density at radius 1 is 1.67 bits per heavy atom. The van der Waals surface area contributed by atoms with Crippen LogP contribution in [0.1, 0.15) is 5.56 Å². The van der Waals surface area contributed by atoms with Gasteiger partial charge in [0.1, 0.15) is 0 Å². The molecule has 4 nitrogen and oxygen atoms in total. The number of H-pyrrole nitrogens is 1. The molecular weight excluding hydrogens is 154 g/mol. The van der Waals surface area contributed by atoms with Crippen LogP contribution in [0, 0.1) is 0 Å². The molecule has 0 fully saturated rings. The van der Waals surface area contributed by atoms with Crippen LogP contribution >= 0.6 is 0 Å². The number of aromatic nitrogens is 1. The fraction of sp³-hybridized carbons (Fsp3) is 0.375. The molecule has 0 atom stereocenters. The number of carbonyl (C=O) groups excluding carboxylic acids is 1. The van der Waals surface area contributed by atoms with Gasteiger partial charge in [-0.3, -0.25) is 0 Å². The van der Waals surface area contributed by atoms with Gasteiger partial charge in [-0.15, -0.1) is 0 Å². The molecule has 0 aliphatic carbocycles. The quantitative estimate of drug-likeness (QED) is 0.602. The molecule has 0 saturated heterocycles. The van der Waals surface area contributed by atoms with E-state index in [1.165, 1.54) is 5.56 Å². The van der Waals surface area contributed by atoms with Gasteiger partial charge in [0.2, 0.25) is 0 Å². The second-order valence-corrected chi connectivity index (χ2v) is 2.48. The molecule has 0 aromatic carbocycles. The first-order valence-corrected chi connectivity index (χ1v) is 3.90. The van der Waals surface area contributed by atoms with Crippen LogP contribution in [0.15, 0.2) is 18.5 Å². The molecule has 0 spiro atoms. The van der Waals surface area contributed by atoms with E-state index >= 15 is 0 Å². The van der Waals surface area contributed by atoms with Crippen LogP contribution in [-0.4, -0.2) is 24.6 Å². The lowest BCUT2D eigenvalue weighted by Gasteiger charge is -2.01. The molecule has 4 heteroatoms. The van der Waals surface area contributed by atoms with Gasteiger partial charge in [0, 0.05) is 26.0 Å². The minimum Gasteiger partial charge on any atom is -0.367 e. The highest BCUT2D eigenvalue weighted by molar-refractivity contribution is 5.73. The molecule has 1 heterocycles. The highest BCUT2D eigenvalue weighted by atomic mass is 16.2. The van der Waals surface area contributed by atoms with Crippen molar-refractivity contribution in [1.82, 2.24) is 15.6 Å². The lowest BCUT2D eigenvalue weighted by atomic mass is 10.2. The van der Waals surface area contributed by atoms with Crippen LogP contribution in [0.4, 0.5) is 4.79 Å². The molecule has 0 aliphatic heterocycles. The van der Waals surface area contributed by atoms with Gasteiger partial charge >= 0.3 is 6.03 Å². The molecule has 0 radical (unpaired) electrons. The van der Waals surface area contributed by atoms with E-state index in [1.807, 2.05) is 18.5 Å². The van der Waals surface area contributed by atoms with Crippen molar-refractivity contribution in [1.29, 1.82) is 0 Å². The van der Waals surface area contributed by atoms with Crippen molar-refractivity contribution in [3.63, 3.8) is 0 Å². The molecule has 1 aromatic heterocycles. The number of urea groups is 1. The molecule has 0 unspecified atom stereocenters. The first kappa shape index (κ1) is 8.64. The van der Waals surface area contributed by atoms with Gasteiger partial charge in [-0.25, -0.2) is 4.79 Å². The summed E-state index contributed by atoms with van der Waals surface area (Å²) in [7, 11) is 1.60. The van der Waals surface area contributed by atoms with Gasteiger partial charge in [-0.1, -0.05) is 0 Å². The van der Waals surface area contributed by atoms with Gasteiger partial charge in [0.25, 0.3) is 0 Å². The predicted molar refractivity (Wildman–Crippen MR) is 47.0 cm³/mol. The first-order valence-electron chi connectivity index (χ1n) is 3.90. The van der Waals surface area contributed by atoms with Gasteiger partial charge in [-0.05, 0) is 18.1 Å². The third-order valence-electron chi connectivity index (χ3n) is 1.59. The SMILES string of the molecule is CNC(=O)NCCc1cc[nH]c1. The topological polar surface area (TPSA) is 56.9 Å². The first-order chi connectivity index (χ1) is 5.83. The lowest BCUT2D eigenvalue weighted by molar-refractivity contribution is 0.243. The molecule has 66 valence electrons. The molecular formula is C8H13N3O. The predicted octanol–water partition coefficient (Wildman–Crippen LogP) is 0.486. The van der Waals surface area contributed by atoms with Crippen LogP contribution in [0.25, 0.3) is 0 Å². The Balaban J connectivity index is 2.15. The summed E-state index contributed by atoms with van der Waals surface area (Å²) in [5.41, 5.74) is 1.20. The van der Waals surface area contributed by atoms with Gasteiger partial charge in [0.05, 0.1) is 0 Å². The van der Waals surface area contributed by atoms with Gasteiger partial charge in [0.15, 0.2) is 0 Å². The molecule has 2 amide bonds.